The summed E-state index contributed by atoms with van der Waals surface area (Å²) in [7, 11) is 0. The van der Waals surface area contributed by atoms with Gasteiger partial charge in [0.2, 0.25) is 0 Å². The fraction of sp³-hybridized carbons (Fsp3) is 0. The Hall–Kier alpha value is -0.900. The molecule has 0 saturated carbocycles. The van der Waals surface area contributed by atoms with E-state index in [2.05, 4.69) is 108 Å². The van der Waals surface area contributed by atoms with Gasteiger partial charge in [-0.3, -0.25) is 0 Å². The lowest BCUT2D eigenvalue weighted by atomic mass is 10.0. The molecule has 0 unspecified atom stereocenters. The van der Waals surface area contributed by atoms with Crippen molar-refractivity contribution in [1.82, 2.24) is 0 Å². The molecule has 0 heterocycles. The van der Waals surface area contributed by atoms with Gasteiger partial charge in [-0.25, -0.2) is 0 Å². The van der Waals surface area contributed by atoms with Crippen LogP contribution < -0.4 is 0 Å². The van der Waals surface area contributed by atoms with Crippen LogP contribution in [0.2, 0.25) is 0 Å². The molecule has 0 aliphatic rings. The van der Waals surface area contributed by atoms with Crippen LogP contribution in [-0.2, 0) is 0 Å². The molecule has 3 rings (SSSR count). The zero-order valence-electron chi connectivity index (χ0n) is 11.0. The summed E-state index contributed by atoms with van der Waals surface area (Å²) < 4.78 is 3.13. The number of hydrogen-bond donors (Lipinski definition) is 0. The topological polar surface area (TPSA) is 0 Å². The van der Waals surface area contributed by atoms with Crippen LogP contribution >= 0.6 is 47.8 Å². The maximum Gasteiger partial charge on any atom is 0.0465 e. The van der Waals surface area contributed by atoms with Gasteiger partial charge in [0.1, 0.15) is 0 Å². The van der Waals surface area contributed by atoms with Crippen molar-refractivity contribution in [2.75, 3.05) is 0 Å². The molecule has 0 aromatic heterocycles. The van der Waals surface area contributed by atoms with Crippen LogP contribution in [0.5, 0.6) is 0 Å². The average Bonchev–Trinajstić information content (AvgIpc) is 2.54. The minimum Gasteiger partial charge on any atom is -0.0622 e. The van der Waals surface area contributed by atoms with Crippen LogP contribution in [-0.4, -0.2) is 0 Å². The van der Waals surface area contributed by atoms with Gasteiger partial charge in [0.25, 0.3) is 0 Å². The molecule has 0 fully saturated rings. The Morgan fingerprint density at radius 3 is 1.71 bits per heavy atom. The Bertz CT molecular complexity index is 762. The molecule has 21 heavy (non-hydrogen) atoms. The molecule has 3 heteroatoms. The fourth-order valence-corrected chi connectivity index (χ4v) is 3.74. The highest BCUT2D eigenvalue weighted by Crippen LogP contribution is 2.39. The molecule has 0 spiro atoms. The molecule has 0 radical (unpaired) electrons. The SMILES string of the molecule is Brc1ccc(-c2ccc(-c3ccccc3)cc2)c(Br)c1Br. The van der Waals surface area contributed by atoms with Gasteiger partial charge in [0, 0.05) is 13.4 Å². The first-order valence-electron chi connectivity index (χ1n) is 6.46. The molecule has 0 aliphatic carbocycles. The Balaban J connectivity index is 2.01. The molecule has 3 aromatic rings. The summed E-state index contributed by atoms with van der Waals surface area (Å²) in [6, 6.07) is 23.2. The van der Waals surface area contributed by atoms with E-state index in [9.17, 15) is 0 Å². The minimum absolute atomic E-state index is 1.03. The van der Waals surface area contributed by atoms with E-state index in [1.165, 1.54) is 22.3 Å². The van der Waals surface area contributed by atoms with Gasteiger partial charge in [-0.1, -0.05) is 60.7 Å². The first-order chi connectivity index (χ1) is 10.2. The second-order valence-electron chi connectivity index (χ2n) is 4.67. The van der Waals surface area contributed by atoms with Gasteiger partial charge in [-0.05, 0) is 76.1 Å². The zero-order chi connectivity index (χ0) is 14.8. The highest BCUT2D eigenvalue weighted by molar-refractivity contribution is 9.14. The minimum atomic E-state index is 1.03. The molecular formula is C18H11Br3. The van der Waals surface area contributed by atoms with Crippen LogP contribution in [0.15, 0.2) is 80.1 Å². The highest BCUT2D eigenvalue weighted by Gasteiger charge is 2.09. The second kappa shape index (κ2) is 6.47. The average molecular weight is 467 g/mol. The smallest absolute Gasteiger partial charge is 0.0465 e. The van der Waals surface area contributed by atoms with E-state index < -0.39 is 0 Å². The summed E-state index contributed by atoms with van der Waals surface area (Å²) in [5.74, 6) is 0. The third-order valence-electron chi connectivity index (χ3n) is 3.34. The Morgan fingerprint density at radius 1 is 0.476 bits per heavy atom. The quantitative estimate of drug-likeness (QED) is 0.347. The highest BCUT2D eigenvalue weighted by atomic mass is 79.9. The molecule has 104 valence electrons. The molecular weight excluding hydrogens is 456 g/mol. The maximum absolute atomic E-state index is 3.65. The molecule has 0 atom stereocenters. The summed E-state index contributed by atoms with van der Waals surface area (Å²) >= 11 is 10.8. The van der Waals surface area contributed by atoms with Gasteiger partial charge in [-0.2, -0.15) is 0 Å². The Kier molecular flexibility index (Phi) is 4.63. The second-order valence-corrected chi connectivity index (χ2v) is 7.11. The molecule has 0 N–H and O–H groups in total. The van der Waals surface area contributed by atoms with Crippen molar-refractivity contribution in [2.24, 2.45) is 0 Å². The van der Waals surface area contributed by atoms with E-state index in [-0.39, 0.29) is 0 Å². The number of halogens is 3. The summed E-state index contributed by atoms with van der Waals surface area (Å²) in [6.07, 6.45) is 0. The predicted octanol–water partition coefficient (Wildman–Crippen LogP) is 7.31. The summed E-state index contributed by atoms with van der Waals surface area (Å²) in [5.41, 5.74) is 4.83. The van der Waals surface area contributed by atoms with Crippen molar-refractivity contribution in [3.05, 3.63) is 80.1 Å². The summed E-state index contributed by atoms with van der Waals surface area (Å²) in [4.78, 5) is 0. The van der Waals surface area contributed by atoms with Gasteiger partial charge in [0.05, 0.1) is 0 Å². The van der Waals surface area contributed by atoms with Crippen molar-refractivity contribution in [1.29, 1.82) is 0 Å². The van der Waals surface area contributed by atoms with Gasteiger partial charge >= 0.3 is 0 Å². The fourth-order valence-electron chi connectivity index (χ4n) is 2.22. The number of hydrogen-bond acceptors (Lipinski definition) is 0. The van der Waals surface area contributed by atoms with E-state index in [0.717, 1.165) is 13.4 Å². The van der Waals surface area contributed by atoms with E-state index in [0.29, 0.717) is 0 Å². The number of benzene rings is 3. The number of rotatable bonds is 2. The first-order valence-corrected chi connectivity index (χ1v) is 8.84. The maximum atomic E-state index is 3.65. The van der Waals surface area contributed by atoms with Crippen LogP contribution in [0, 0.1) is 0 Å². The largest absolute Gasteiger partial charge is 0.0622 e. The lowest BCUT2D eigenvalue weighted by Crippen LogP contribution is -1.83. The molecule has 3 aromatic carbocycles. The van der Waals surface area contributed by atoms with E-state index in [1.807, 2.05) is 6.07 Å². The first kappa shape index (κ1) is 15.0. The van der Waals surface area contributed by atoms with Gasteiger partial charge in [-0.15, -0.1) is 0 Å². The van der Waals surface area contributed by atoms with E-state index in [4.69, 9.17) is 0 Å². The Morgan fingerprint density at radius 2 is 1.05 bits per heavy atom. The van der Waals surface area contributed by atoms with Crippen LogP contribution in [0.3, 0.4) is 0 Å². The summed E-state index contributed by atoms with van der Waals surface area (Å²) in [6.45, 7) is 0. The van der Waals surface area contributed by atoms with Crippen molar-refractivity contribution in [3.8, 4) is 22.3 Å². The van der Waals surface area contributed by atoms with E-state index >= 15 is 0 Å². The third-order valence-corrected chi connectivity index (χ3v) is 6.71. The molecule has 0 aliphatic heterocycles. The predicted molar refractivity (Wildman–Crippen MR) is 100 cm³/mol. The lowest BCUT2D eigenvalue weighted by molar-refractivity contribution is 1.51. The molecule has 0 bridgehead atoms. The molecule has 0 saturated heterocycles. The van der Waals surface area contributed by atoms with Crippen molar-refractivity contribution < 1.29 is 0 Å². The van der Waals surface area contributed by atoms with Crippen LogP contribution in [0.4, 0.5) is 0 Å². The third kappa shape index (κ3) is 3.15. The van der Waals surface area contributed by atoms with Crippen LogP contribution in [0.1, 0.15) is 0 Å². The standard InChI is InChI=1S/C18H11Br3/c19-16-11-10-15(17(20)18(16)21)14-8-6-13(7-9-14)12-4-2-1-3-5-12/h1-11H. The van der Waals surface area contributed by atoms with Gasteiger partial charge in [0.15, 0.2) is 0 Å². The van der Waals surface area contributed by atoms with Gasteiger partial charge < -0.3 is 0 Å². The zero-order valence-corrected chi connectivity index (χ0v) is 15.7. The Labute approximate surface area is 149 Å². The normalized spacial score (nSPS) is 10.6. The lowest BCUT2D eigenvalue weighted by Gasteiger charge is -2.09. The summed E-state index contributed by atoms with van der Waals surface area (Å²) in [5, 5.41) is 0. The van der Waals surface area contributed by atoms with Crippen molar-refractivity contribution in [2.45, 2.75) is 0 Å². The molecule has 0 nitrogen and oxygen atoms in total. The monoisotopic (exact) mass is 464 g/mol. The molecule has 0 amide bonds. The van der Waals surface area contributed by atoms with Crippen molar-refractivity contribution in [3.63, 3.8) is 0 Å². The van der Waals surface area contributed by atoms with E-state index in [1.54, 1.807) is 0 Å². The van der Waals surface area contributed by atoms with Crippen molar-refractivity contribution >= 4 is 47.8 Å². The van der Waals surface area contributed by atoms with Crippen LogP contribution in [0.25, 0.3) is 22.3 Å².